The molecule has 2 amide bonds. The number of nitrogens with two attached hydrogens (primary N) is 1. The molecule has 0 saturated heterocycles. The summed E-state index contributed by atoms with van der Waals surface area (Å²) in [5, 5.41) is 11.6. The van der Waals surface area contributed by atoms with E-state index in [-0.39, 0.29) is 79.7 Å². The van der Waals surface area contributed by atoms with Crippen molar-refractivity contribution in [3.8, 4) is 17.0 Å². The maximum absolute atomic E-state index is 13.7. The molecule has 0 aliphatic heterocycles. The lowest BCUT2D eigenvalue weighted by atomic mass is 10.1. The van der Waals surface area contributed by atoms with E-state index in [1.807, 2.05) is 0 Å². The number of aliphatic hydroxyl groups excluding tert-OH is 1. The van der Waals surface area contributed by atoms with Crippen LogP contribution in [0.1, 0.15) is 71.4 Å². The van der Waals surface area contributed by atoms with Crippen LogP contribution in [0.15, 0.2) is 53.6 Å². The Balaban J connectivity index is 1.85. The molecule has 0 atom stereocenters. The summed E-state index contributed by atoms with van der Waals surface area (Å²) in [6.45, 7) is 14.1. The van der Waals surface area contributed by atoms with E-state index >= 15 is 0 Å². The first-order chi connectivity index (χ1) is 26.0. The number of para-hydroxylation sites is 1. The van der Waals surface area contributed by atoms with Crippen LogP contribution in [0.3, 0.4) is 0 Å². The predicted molar refractivity (Wildman–Crippen MR) is 208 cm³/mol. The van der Waals surface area contributed by atoms with Crippen molar-refractivity contribution in [3.05, 3.63) is 59.9 Å². The van der Waals surface area contributed by atoms with Gasteiger partial charge in [-0.3, -0.25) is 9.59 Å². The lowest BCUT2D eigenvalue weighted by Gasteiger charge is -2.29. The Labute approximate surface area is 328 Å². The molecule has 0 unspecified atom stereocenters. The Morgan fingerprint density at radius 1 is 0.857 bits per heavy atom. The van der Waals surface area contributed by atoms with Gasteiger partial charge in [0.1, 0.15) is 29.1 Å². The number of aromatic nitrogens is 2. The van der Waals surface area contributed by atoms with E-state index in [1.165, 1.54) is 49.2 Å². The first-order valence-corrected chi connectivity index (χ1v) is 19.3. The van der Waals surface area contributed by atoms with Crippen LogP contribution in [-0.2, 0) is 40.3 Å². The molecule has 3 aromatic rings. The molecule has 56 heavy (non-hydrogen) atoms. The van der Waals surface area contributed by atoms with Crippen molar-refractivity contribution in [1.29, 1.82) is 0 Å². The Hall–Kier alpha value is -4.88. The Morgan fingerprint density at radius 2 is 1.46 bits per heavy atom. The highest BCUT2D eigenvalue weighted by atomic mass is 32.2. The number of anilines is 2. The van der Waals surface area contributed by atoms with Crippen LogP contribution in [0.5, 0.6) is 5.75 Å². The Morgan fingerprint density at radius 3 is 2.07 bits per heavy atom. The SMILES string of the molecule is CN(Cc1cccc(NC(=O)c2nc(-c3ccc(S(=O)(=O)NC(C)(C)C(=O)OC(C)(C)C)cc3)cnc2N)c1OCCOCCOCCO)C(=O)OC(C)(C)C. The fourth-order valence-electron chi connectivity index (χ4n) is 4.76. The van der Waals surface area contributed by atoms with Crippen LogP contribution in [0.25, 0.3) is 11.3 Å². The van der Waals surface area contributed by atoms with E-state index in [0.29, 0.717) is 11.1 Å². The highest BCUT2D eigenvalue weighted by molar-refractivity contribution is 7.89. The molecule has 0 aliphatic rings. The zero-order valence-electron chi connectivity index (χ0n) is 33.4. The summed E-state index contributed by atoms with van der Waals surface area (Å²) in [4.78, 5) is 49.0. The monoisotopic (exact) mass is 802 g/mol. The number of hydrogen-bond donors (Lipinski definition) is 4. The largest absolute Gasteiger partial charge is 0.489 e. The Bertz CT molecular complexity index is 1930. The van der Waals surface area contributed by atoms with Crippen molar-refractivity contribution < 1.29 is 51.6 Å². The minimum atomic E-state index is -4.16. The van der Waals surface area contributed by atoms with Gasteiger partial charge in [0.2, 0.25) is 10.0 Å². The van der Waals surface area contributed by atoms with Gasteiger partial charge in [-0.05, 0) is 73.6 Å². The number of nitrogen functional groups attached to an aromatic ring is 1. The van der Waals surface area contributed by atoms with Crippen molar-refractivity contribution in [2.75, 3.05) is 57.7 Å². The zero-order valence-corrected chi connectivity index (χ0v) is 34.2. The minimum Gasteiger partial charge on any atom is -0.489 e. The molecule has 0 radical (unpaired) electrons. The Kier molecular flexibility index (Phi) is 15.7. The molecule has 0 aliphatic carbocycles. The van der Waals surface area contributed by atoms with Crippen molar-refractivity contribution >= 4 is 39.5 Å². The summed E-state index contributed by atoms with van der Waals surface area (Å²) < 4.78 is 56.5. The van der Waals surface area contributed by atoms with Gasteiger partial charge < -0.3 is 44.7 Å². The second-order valence-corrected chi connectivity index (χ2v) is 16.8. The second-order valence-electron chi connectivity index (χ2n) is 15.1. The summed E-state index contributed by atoms with van der Waals surface area (Å²) >= 11 is 0. The van der Waals surface area contributed by atoms with Gasteiger partial charge in [0.25, 0.3) is 5.91 Å². The third-order valence-corrected chi connectivity index (χ3v) is 8.99. The average molecular weight is 803 g/mol. The molecule has 2 aromatic carbocycles. The summed E-state index contributed by atoms with van der Waals surface area (Å²) in [6, 6.07) is 10.6. The molecule has 17 nitrogen and oxygen atoms in total. The third-order valence-electron chi connectivity index (χ3n) is 7.31. The molecule has 0 bridgehead atoms. The van der Waals surface area contributed by atoms with Crippen LogP contribution < -0.4 is 20.5 Å². The van der Waals surface area contributed by atoms with Gasteiger partial charge in [-0.15, -0.1) is 0 Å². The maximum Gasteiger partial charge on any atom is 0.410 e. The van der Waals surface area contributed by atoms with Crippen molar-refractivity contribution in [2.24, 2.45) is 0 Å². The molecule has 3 rings (SSSR count). The normalized spacial score (nSPS) is 12.2. The van der Waals surface area contributed by atoms with Crippen molar-refractivity contribution in [2.45, 2.75) is 83.6 Å². The van der Waals surface area contributed by atoms with Gasteiger partial charge in [0.15, 0.2) is 11.5 Å². The zero-order chi connectivity index (χ0) is 41.9. The first-order valence-electron chi connectivity index (χ1n) is 17.8. The highest BCUT2D eigenvalue weighted by Crippen LogP contribution is 2.32. The molecule has 5 N–H and O–H groups in total. The molecule has 0 saturated carbocycles. The molecule has 1 heterocycles. The third kappa shape index (κ3) is 14.0. The van der Waals surface area contributed by atoms with Gasteiger partial charge in [-0.2, -0.15) is 4.72 Å². The molecular weight excluding hydrogens is 749 g/mol. The fourth-order valence-corrected chi connectivity index (χ4v) is 6.13. The van der Waals surface area contributed by atoms with Crippen LogP contribution >= 0.6 is 0 Å². The number of nitrogens with zero attached hydrogens (tertiary/aromatic N) is 3. The van der Waals surface area contributed by atoms with Crippen molar-refractivity contribution in [3.63, 3.8) is 0 Å². The first kappa shape index (κ1) is 45.5. The molecule has 18 heteroatoms. The molecule has 0 spiro atoms. The van der Waals surface area contributed by atoms with Crippen molar-refractivity contribution in [1.82, 2.24) is 19.6 Å². The number of sulfonamides is 1. The topological polar surface area (TPSA) is 231 Å². The van der Waals surface area contributed by atoms with E-state index in [9.17, 15) is 22.8 Å². The predicted octanol–water partition coefficient (Wildman–Crippen LogP) is 4.15. The van der Waals surface area contributed by atoms with E-state index in [0.717, 1.165) is 0 Å². The number of esters is 1. The number of hydrogen-bond acceptors (Lipinski definition) is 14. The average Bonchev–Trinajstić information content (AvgIpc) is 3.08. The number of benzene rings is 2. The quantitative estimate of drug-likeness (QED) is 0.105. The van der Waals surface area contributed by atoms with E-state index in [2.05, 4.69) is 20.0 Å². The minimum absolute atomic E-state index is 0.0704. The van der Waals surface area contributed by atoms with Crippen LogP contribution in [0.4, 0.5) is 16.3 Å². The van der Waals surface area contributed by atoms with E-state index < -0.39 is 44.7 Å². The maximum atomic E-state index is 13.7. The number of nitrogens with one attached hydrogen (secondary N) is 2. The van der Waals surface area contributed by atoms with Gasteiger partial charge in [-0.1, -0.05) is 24.3 Å². The molecular formula is C38H54N6O11S. The number of ether oxygens (including phenoxy) is 5. The lowest BCUT2D eigenvalue weighted by Crippen LogP contribution is -2.52. The number of carbonyl (C=O) groups excluding carboxylic acids is 3. The summed E-state index contributed by atoms with van der Waals surface area (Å²) in [5.74, 6) is -1.36. The van der Waals surface area contributed by atoms with Crippen LogP contribution in [0, 0.1) is 0 Å². The number of carbonyl (C=O) groups is 3. The molecule has 1 aromatic heterocycles. The van der Waals surface area contributed by atoms with Crippen LogP contribution in [-0.4, -0.2) is 110 Å². The van der Waals surface area contributed by atoms with Crippen LogP contribution in [0.2, 0.25) is 0 Å². The smallest absolute Gasteiger partial charge is 0.410 e. The van der Waals surface area contributed by atoms with E-state index in [4.69, 9.17) is 34.5 Å². The number of rotatable bonds is 18. The summed E-state index contributed by atoms with van der Waals surface area (Å²) in [6.07, 6.45) is 0.784. The highest BCUT2D eigenvalue weighted by Gasteiger charge is 2.37. The van der Waals surface area contributed by atoms with Gasteiger partial charge in [-0.25, -0.2) is 23.2 Å². The summed E-state index contributed by atoms with van der Waals surface area (Å²) in [7, 11) is -2.58. The molecule has 0 fully saturated rings. The second kappa shape index (κ2) is 19.3. The molecule has 308 valence electrons. The number of amides is 2. The van der Waals surface area contributed by atoms with E-state index in [1.54, 1.807) is 66.8 Å². The summed E-state index contributed by atoms with van der Waals surface area (Å²) in [5.41, 5.74) is 4.25. The van der Waals surface area contributed by atoms with Gasteiger partial charge >= 0.3 is 12.1 Å². The standard InChI is InChI=1S/C38H54N6O11S/c1-36(2,3)54-34(47)38(7,8)43-56(49,50)27-15-13-25(14-16-27)29-23-40-32(39)30(41-29)33(46)42-28-12-10-11-26(24-44(9)35(48)55-37(4,5)6)31(28)53-22-21-52-20-19-51-18-17-45/h10-16,23,43,45H,17-22,24H2,1-9H3,(H2,39,40)(H,42,46). The lowest BCUT2D eigenvalue weighted by molar-refractivity contribution is -0.160. The fraction of sp³-hybridized carbons (Fsp3) is 0.500. The number of aliphatic hydroxyl groups is 1. The van der Waals surface area contributed by atoms with Gasteiger partial charge in [0.05, 0.1) is 62.1 Å². The van der Waals surface area contributed by atoms with Gasteiger partial charge in [0, 0.05) is 18.2 Å².